The Bertz CT molecular complexity index is 683. The third kappa shape index (κ3) is 2.88. The normalized spacial score (nSPS) is 24.8. The summed E-state index contributed by atoms with van der Waals surface area (Å²) in [5, 5.41) is 0. The Morgan fingerprint density at radius 3 is 2.29 bits per heavy atom. The smallest absolute Gasteiger partial charge is 0.278 e. The van der Waals surface area contributed by atoms with E-state index in [9.17, 15) is 9.59 Å². The molecule has 126 valence electrons. The molecule has 0 bridgehead atoms. The zero-order chi connectivity index (χ0) is 17.3. The van der Waals surface area contributed by atoms with Gasteiger partial charge in [0.1, 0.15) is 5.70 Å². The van der Waals surface area contributed by atoms with Crippen LogP contribution in [0.3, 0.4) is 0 Å². The number of nitrogens with zero attached hydrogens (tertiary/aromatic N) is 2. The van der Waals surface area contributed by atoms with E-state index >= 15 is 0 Å². The van der Waals surface area contributed by atoms with Crippen LogP contribution in [0.5, 0.6) is 0 Å². The van der Waals surface area contributed by atoms with E-state index in [1.807, 2.05) is 30.3 Å². The second-order valence-corrected chi connectivity index (χ2v) is 6.95. The van der Waals surface area contributed by atoms with Crippen molar-refractivity contribution < 1.29 is 9.59 Å². The summed E-state index contributed by atoms with van der Waals surface area (Å²) < 4.78 is 0. The van der Waals surface area contributed by atoms with E-state index in [1.165, 1.54) is 4.90 Å². The topological polar surface area (TPSA) is 40.6 Å². The van der Waals surface area contributed by atoms with Gasteiger partial charge in [0.2, 0.25) is 0 Å². The van der Waals surface area contributed by atoms with Crippen LogP contribution < -0.4 is 0 Å². The zero-order valence-corrected chi connectivity index (χ0v) is 14.4. The molecule has 1 fully saturated rings. The van der Waals surface area contributed by atoms with Crippen LogP contribution in [0.2, 0.25) is 0 Å². The standard InChI is InChI=1S/C20H24N2O2/c1-4-10-22-19(23)17(16-8-6-5-7-9-16)18(20(22)24)21-12-14(2)11-15(3)13-21/h4-9,14-15H,1,10-13H2,2-3H3. The van der Waals surface area contributed by atoms with Gasteiger partial charge in [0.25, 0.3) is 11.8 Å². The highest BCUT2D eigenvalue weighted by molar-refractivity contribution is 6.35. The lowest BCUT2D eigenvalue weighted by Gasteiger charge is -2.37. The van der Waals surface area contributed by atoms with Crippen molar-refractivity contribution >= 4 is 17.4 Å². The van der Waals surface area contributed by atoms with Gasteiger partial charge in [-0.2, -0.15) is 0 Å². The predicted octanol–water partition coefficient (Wildman–Crippen LogP) is 2.93. The first-order valence-corrected chi connectivity index (χ1v) is 8.54. The van der Waals surface area contributed by atoms with E-state index in [-0.39, 0.29) is 18.4 Å². The Labute approximate surface area is 143 Å². The molecule has 2 aliphatic heterocycles. The molecule has 4 nitrogen and oxygen atoms in total. The molecule has 2 heterocycles. The molecule has 2 aliphatic rings. The summed E-state index contributed by atoms with van der Waals surface area (Å²) in [5.41, 5.74) is 1.90. The first-order chi connectivity index (χ1) is 11.5. The van der Waals surface area contributed by atoms with Crippen LogP contribution in [-0.2, 0) is 9.59 Å². The van der Waals surface area contributed by atoms with Gasteiger partial charge in [0, 0.05) is 19.6 Å². The number of rotatable bonds is 4. The second kappa shape index (κ2) is 6.63. The van der Waals surface area contributed by atoms with Crippen molar-refractivity contribution in [2.75, 3.05) is 19.6 Å². The van der Waals surface area contributed by atoms with Gasteiger partial charge in [-0.15, -0.1) is 6.58 Å². The molecule has 0 N–H and O–H groups in total. The summed E-state index contributed by atoms with van der Waals surface area (Å²) in [7, 11) is 0. The Hall–Kier alpha value is -2.36. The Kier molecular flexibility index (Phi) is 4.56. The molecule has 1 saturated heterocycles. The Balaban J connectivity index is 2.08. The lowest BCUT2D eigenvalue weighted by atomic mass is 9.91. The average molecular weight is 324 g/mol. The molecule has 4 heteroatoms. The molecule has 0 saturated carbocycles. The third-order valence-corrected chi connectivity index (χ3v) is 4.70. The SMILES string of the molecule is C=CCN1C(=O)C(c2ccccc2)=C(N2CC(C)CC(C)C2)C1=O. The van der Waals surface area contributed by atoms with E-state index in [0.717, 1.165) is 25.1 Å². The third-order valence-electron chi connectivity index (χ3n) is 4.70. The van der Waals surface area contributed by atoms with E-state index in [0.29, 0.717) is 23.1 Å². The molecule has 0 radical (unpaired) electrons. The number of likely N-dealkylation sites (tertiary alicyclic amines) is 1. The molecular formula is C20H24N2O2. The van der Waals surface area contributed by atoms with E-state index < -0.39 is 0 Å². The fourth-order valence-corrected chi connectivity index (χ4v) is 3.86. The number of carbonyl (C=O) groups is 2. The number of benzene rings is 1. The lowest BCUT2D eigenvalue weighted by molar-refractivity contribution is -0.137. The van der Waals surface area contributed by atoms with Crippen LogP contribution >= 0.6 is 0 Å². The van der Waals surface area contributed by atoms with Gasteiger partial charge in [0.15, 0.2) is 0 Å². The fraction of sp³-hybridized carbons (Fsp3) is 0.400. The average Bonchev–Trinajstić information content (AvgIpc) is 2.80. The maximum atomic E-state index is 13.0. The molecule has 1 aromatic carbocycles. The van der Waals surface area contributed by atoms with Gasteiger partial charge < -0.3 is 4.90 Å². The van der Waals surface area contributed by atoms with Crippen LogP contribution in [0.1, 0.15) is 25.8 Å². The number of carbonyl (C=O) groups excluding carboxylic acids is 2. The second-order valence-electron chi connectivity index (χ2n) is 6.95. The molecular weight excluding hydrogens is 300 g/mol. The summed E-state index contributed by atoms with van der Waals surface area (Å²) in [6.07, 6.45) is 2.76. The molecule has 0 spiro atoms. The summed E-state index contributed by atoms with van der Waals surface area (Å²) in [4.78, 5) is 29.3. The highest BCUT2D eigenvalue weighted by Gasteiger charge is 2.42. The summed E-state index contributed by atoms with van der Waals surface area (Å²) in [6, 6.07) is 9.51. The predicted molar refractivity (Wildman–Crippen MR) is 94.8 cm³/mol. The van der Waals surface area contributed by atoms with Gasteiger partial charge in [0.05, 0.1) is 5.57 Å². The molecule has 24 heavy (non-hydrogen) atoms. The summed E-state index contributed by atoms with van der Waals surface area (Å²) >= 11 is 0. The van der Waals surface area contributed by atoms with Gasteiger partial charge in [-0.25, -0.2) is 0 Å². The molecule has 2 atom stereocenters. The Morgan fingerprint density at radius 2 is 1.71 bits per heavy atom. The van der Waals surface area contributed by atoms with Crippen LogP contribution in [0.25, 0.3) is 5.57 Å². The van der Waals surface area contributed by atoms with E-state index in [2.05, 4.69) is 25.3 Å². The number of amides is 2. The lowest BCUT2D eigenvalue weighted by Crippen LogP contribution is -2.41. The minimum Gasteiger partial charge on any atom is -0.366 e. The minimum absolute atomic E-state index is 0.194. The first kappa shape index (κ1) is 16.5. The van der Waals surface area contributed by atoms with Gasteiger partial charge in [-0.1, -0.05) is 50.3 Å². The van der Waals surface area contributed by atoms with Gasteiger partial charge in [-0.3, -0.25) is 14.5 Å². The molecule has 0 aromatic heterocycles. The number of hydrogen-bond donors (Lipinski definition) is 0. The minimum atomic E-state index is -0.216. The van der Waals surface area contributed by atoms with E-state index in [4.69, 9.17) is 0 Å². The Morgan fingerprint density at radius 1 is 1.08 bits per heavy atom. The monoisotopic (exact) mass is 324 g/mol. The van der Waals surface area contributed by atoms with Crippen molar-refractivity contribution in [3.8, 4) is 0 Å². The van der Waals surface area contributed by atoms with Crippen molar-refractivity contribution in [1.29, 1.82) is 0 Å². The molecule has 2 amide bonds. The van der Waals surface area contributed by atoms with Crippen molar-refractivity contribution in [3.05, 3.63) is 54.2 Å². The summed E-state index contributed by atoms with van der Waals surface area (Å²) in [6.45, 7) is 9.96. The maximum absolute atomic E-state index is 13.0. The van der Waals surface area contributed by atoms with Crippen molar-refractivity contribution in [1.82, 2.24) is 9.80 Å². The number of piperidine rings is 1. The maximum Gasteiger partial charge on any atom is 0.278 e. The van der Waals surface area contributed by atoms with E-state index in [1.54, 1.807) is 6.08 Å². The van der Waals surface area contributed by atoms with Gasteiger partial charge >= 0.3 is 0 Å². The van der Waals surface area contributed by atoms with Crippen LogP contribution in [0, 0.1) is 11.8 Å². The van der Waals surface area contributed by atoms with Crippen LogP contribution in [0.15, 0.2) is 48.7 Å². The van der Waals surface area contributed by atoms with Crippen molar-refractivity contribution in [2.24, 2.45) is 11.8 Å². The van der Waals surface area contributed by atoms with Crippen LogP contribution in [-0.4, -0.2) is 41.2 Å². The van der Waals surface area contributed by atoms with Gasteiger partial charge in [-0.05, 0) is 23.8 Å². The molecule has 3 rings (SSSR count). The highest BCUT2D eigenvalue weighted by Crippen LogP contribution is 2.34. The molecule has 0 aliphatic carbocycles. The first-order valence-electron chi connectivity index (χ1n) is 8.54. The largest absolute Gasteiger partial charge is 0.366 e. The molecule has 1 aromatic rings. The number of imide groups is 1. The van der Waals surface area contributed by atoms with Crippen LogP contribution in [0.4, 0.5) is 0 Å². The van der Waals surface area contributed by atoms with Crippen molar-refractivity contribution in [3.63, 3.8) is 0 Å². The highest BCUT2D eigenvalue weighted by atomic mass is 16.2. The summed E-state index contributed by atoms with van der Waals surface area (Å²) in [5.74, 6) is 0.608. The fourth-order valence-electron chi connectivity index (χ4n) is 3.86. The quantitative estimate of drug-likeness (QED) is 0.631. The zero-order valence-electron chi connectivity index (χ0n) is 14.4. The van der Waals surface area contributed by atoms with Crippen molar-refractivity contribution in [2.45, 2.75) is 20.3 Å². The number of hydrogen-bond acceptors (Lipinski definition) is 3. The molecule has 2 unspecified atom stereocenters.